The molecule has 0 saturated carbocycles. The van der Waals surface area contributed by atoms with Crippen molar-refractivity contribution in [2.24, 2.45) is 0 Å². The number of rotatable bonds is 10. The first-order valence-corrected chi connectivity index (χ1v) is 9.40. The van der Waals surface area contributed by atoms with Gasteiger partial charge in [-0.15, -0.1) is 0 Å². The lowest BCUT2D eigenvalue weighted by Crippen LogP contribution is -1.99. The van der Waals surface area contributed by atoms with E-state index < -0.39 is 0 Å². The van der Waals surface area contributed by atoms with Gasteiger partial charge in [0.15, 0.2) is 0 Å². The van der Waals surface area contributed by atoms with E-state index in [4.69, 9.17) is 0 Å². The molecule has 1 atom stereocenters. The van der Waals surface area contributed by atoms with E-state index in [-0.39, 0.29) is 5.92 Å². The van der Waals surface area contributed by atoms with E-state index in [1.165, 1.54) is 55.2 Å². The SMILES string of the molecule is CCCCCCCCCC(C#N)c1ccccc1-c1ccccc1. The molecule has 0 fully saturated rings. The first-order chi connectivity index (χ1) is 11.9. The zero-order valence-corrected chi connectivity index (χ0v) is 14.9. The van der Waals surface area contributed by atoms with Gasteiger partial charge in [0.1, 0.15) is 0 Å². The van der Waals surface area contributed by atoms with Crippen molar-refractivity contribution in [2.45, 2.75) is 64.2 Å². The van der Waals surface area contributed by atoms with Gasteiger partial charge in [0, 0.05) is 0 Å². The summed E-state index contributed by atoms with van der Waals surface area (Å²) < 4.78 is 0. The molecule has 1 nitrogen and oxygen atoms in total. The van der Waals surface area contributed by atoms with Crippen molar-refractivity contribution in [3.8, 4) is 17.2 Å². The van der Waals surface area contributed by atoms with Crippen LogP contribution in [0.25, 0.3) is 11.1 Å². The maximum absolute atomic E-state index is 9.67. The van der Waals surface area contributed by atoms with Gasteiger partial charge in [-0.2, -0.15) is 5.26 Å². The molecule has 2 aromatic carbocycles. The minimum absolute atomic E-state index is 0.00273. The number of nitriles is 1. The van der Waals surface area contributed by atoms with Crippen molar-refractivity contribution >= 4 is 0 Å². The van der Waals surface area contributed by atoms with Crippen LogP contribution in [0.5, 0.6) is 0 Å². The van der Waals surface area contributed by atoms with Gasteiger partial charge < -0.3 is 0 Å². The molecule has 0 bridgehead atoms. The van der Waals surface area contributed by atoms with E-state index in [0.29, 0.717) is 0 Å². The summed E-state index contributed by atoms with van der Waals surface area (Å²) in [7, 11) is 0. The van der Waals surface area contributed by atoms with E-state index >= 15 is 0 Å². The first-order valence-electron chi connectivity index (χ1n) is 9.40. The van der Waals surface area contributed by atoms with Gasteiger partial charge in [-0.1, -0.05) is 106 Å². The molecule has 0 saturated heterocycles. The average Bonchev–Trinajstić information content (AvgIpc) is 2.65. The molecule has 0 aliphatic rings. The molecule has 0 N–H and O–H groups in total. The van der Waals surface area contributed by atoms with Crippen LogP contribution in [0.2, 0.25) is 0 Å². The lowest BCUT2D eigenvalue weighted by atomic mass is 9.88. The van der Waals surface area contributed by atoms with Crippen LogP contribution in [0.4, 0.5) is 0 Å². The standard InChI is InChI=1S/C23H29N/c1-2-3-4-5-6-7-9-16-21(19-24)23-18-13-12-17-22(23)20-14-10-8-11-15-20/h8,10-15,17-18,21H,2-7,9,16H2,1H3. The van der Waals surface area contributed by atoms with E-state index in [0.717, 1.165) is 12.8 Å². The molecule has 0 heterocycles. The third kappa shape index (κ3) is 5.53. The Bertz CT molecular complexity index is 624. The summed E-state index contributed by atoms with van der Waals surface area (Å²) in [5, 5.41) is 9.67. The van der Waals surface area contributed by atoms with Gasteiger partial charge in [0.2, 0.25) is 0 Å². The summed E-state index contributed by atoms with van der Waals surface area (Å²) in [6.07, 6.45) is 10.0. The second-order valence-electron chi connectivity index (χ2n) is 6.54. The molecule has 126 valence electrons. The smallest absolute Gasteiger partial charge is 0.0718 e. The van der Waals surface area contributed by atoms with E-state index in [2.05, 4.69) is 61.5 Å². The third-order valence-electron chi connectivity index (χ3n) is 4.67. The fraction of sp³-hybridized carbons (Fsp3) is 0.435. The number of nitrogens with zero attached hydrogens (tertiary/aromatic N) is 1. The maximum Gasteiger partial charge on any atom is 0.0718 e. The van der Waals surface area contributed by atoms with Gasteiger partial charge >= 0.3 is 0 Å². The van der Waals surface area contributed by atoms with Gasteiger partial charge in [-0.05, 0) is 23.1 Å². The van der Waals surface area contributed by atoms with Crippen molar-refractivity contribution in [3.05, 3.63) is 60.2 Å². The first kappa shape index (κ1) is 18.3. The molecule has 0 amide bonds. The topological polar surface area (TPSA) is 23.8 Å². The number of hydrogen-bond donors (Lipinski definition) is 0. The lowest BCUT2D eigenvalue weighted by molar-refractivity contribution is 0.565. The molecular formula is C23H29N. The zero-order valence-electron chi connectivity index (χ0n) is 14.9. The Labute approximate surface area is 147 Å². The average molecular weight is 319 g/mol. The maximum atomic E-state index is 9.67. The van der Waals surface area contributed by atoms with Gasteiger partial charge in [-0.25, -0.2) is 0 Å². The molecule has 24 heavy (non-hydrogen) atoms. The highest BCUT2D eigenvalue weighted by Crippen LogP contribution is 2.31. The van der Waals surface area contributed by atoms with Crippen molar-refractivity contribution in [1.29, 1.82) is 5.26 Å². The molecular weight excluding hydrogens is 290 g/mol. The Kier molecular flexibility index (Phi) is 8.11. The molecule has 1 heteroatoms. The summed E-state index contributed by atoms with van der Waals surface area (Å²) >= 11 is 0. The fourth-order valence-electron chi connectivity index (χ4n) is 3.28. The molecule has 0 spiro atoms. The summed E-state index contributed by atoms with van der Waals surface area (Å²) in [4.78, 5) is 0. The van der Waals surface area contributed by atoms with Crippen LogP contribution in [0, 0.1) is 11.3 Å². The molecule has 2 rings (SSSR count). The Morgan fingerprint density at radius 2 is 1.42 bits per heavy atom. The number of hydrogen-bond acceptors (Lipinski definition) is 1. The Morgan fingerprint density at radius 3 is 2.12 bits per heavy atom. The predicted molar refractivity (Wildman–Crippen MR) is 103 cm³/mol. The number of benzene rings is 2. The van der Waals surface area contributed by atoms with Crippen LogP contribution in [-0.4, -0.2) is 0 Å². The second kappa shape index (κ2) is 10.7. The van der Waals surface area contributed by atoms with Crippen LogP contribution >= 0.6 is 0 Å². The van der Waals surface area contributed by atoms with E-state index in [1.54, 1.807) is 0 Å². The fourth-order valence-corrected chi connectivity index (χ4v) is 3.28. The quantitative estimate of drug-likeness (QED) is 0.428. The third-order valence-corrected chi connectivity index (χ3v) is 4.67. The van der Waals surface area contributed by atoms with Gasteiger partial charge in [-0.3, -0.25) is 0 Å². The summed E-state index contributed by atoms with van der Waals surface area (Å²) in [6.45, 7) is 2.25. The van der Waals surface area contributed by atoms with Crippen molar-refractivity contribution in [2.75, 3.05) is 0 Å². The van der Waals surface area contributed by atoms with Gasteiger partial charge in [0.25, 0.3) is 0 Å². The molecule has 0 aliphatic carbocycles. The molecule has 1 unspecified atom stereocenters. The van der Waals surface area contributed by atoms with Crippen LogP contribution in [0.3, 0.4) is 0 Å². The second-order valence-corrected chi connectivity index (χ2v) is 6.54. The van der Waals surface area contributed by atoms with Crippen molar-refractivity contribution in [3.63, 3.8) is 0 Å². The minimum atomic E-state index is -0.00273. The summed E-state index contributed by atoms with van der Waals surface area (Å²) in [6, 6.07) is 21.3. The van der Waals surface area contributed by atoms with Crippen LogP contribution in [0.1, 0.15) is 69.8 Å². The monoisotopic (exact) mass is 319 g/mol. The predicted octanol–water partition coefficient (Wildman–Crippen LogP) is 7.10. The summed E-state index contributed by atoms with van der Waals surface area (Å²) in [5.41, 5.74) is 3.58. The van der Waals surface area contributed by atoms with E-state index in [1.807, 2.05) is 6.07 Å². The lowest BCUT2D eigenvalue weighted by Gasteiger charge is -2.15. The highest BCUT2D eigenvalue weighted by molar-refractivity contribution is 5.68. The van der Waals surface area contributed by atoms with Crippen molar-refractivity contribution < 1.29 is 0 Å². The van der Waals surface area contributed by atoms with Gasteiger partial charge in [0.05, 0.1) is 12.0 Å². The Morgan fingerprint density at radius 1 is 0.792 bits per heavy atom. The Hall–Kier alpha value is -2.07. The number of unbranched alkanes of at least 4 members (excludes halogenated alkanes) is 6. The zero-order chi connectivity index (χ0) is 17.0. The molecule has 2 aromatic rings. The van der Waals surface area contributed by atoms with Crippen molar-refractivity contribution in [1.82, 2.24) is 0 Å². The normalized spacial score (nSPS) is 11.8. The molecule has 0 aromatic heterocycles. The van der Waals surface area contributed by atoms with Crippen LogP contribution < -0.4 is 0 Å². The highest BCUT2D eigenvalue weighted by atomic mass is 14.3. The van der Waals surface area contributed by atoms with Crippen LogP contribution in [-0.2, 0) is 0 Å². The largest absolute Gasteiger partial charge is 0.198 e. The minimum Gasteiger partial charge on any atom is -0.198 e. The highest BCUT2D eigenvalue weighted by Gasteiger charge is 2.15. The van der Waals surface area contributed by atoms with E-state index in [9.17, 15) is 5.26 Å². The molecule has 0 aliphatic heterocycles. The Balaban J connectivity index is 1.95. The summed E-state index contributed by atoms with van der Waals surface area (Å²) in [5.74, 6) is -0.00273. The van der Waals surface area contributed by atoms with Crippen LogP contribution in [0.15, 0.2) is 54.6 Å². The molecule has 0 radical (unpaired) electrons.